The molecule has 31 heavy (non-hydrogen) atoms. The third-order valence-electron chi connectivity index (χ3n) is 4.91. The quantitative estimate of drug-likeness (QED) is 0.641. The molecule has 0 atom stereocenters. The Morgan fingerprint density at radius 1 is 0.968 bits per heavy atom. The molecule has 0 fully saturated rings. The van der Waals surface area contributed by atoms with Crippen LogP contribution in [0.25, 0.3) is 0 Å². The summed E-state index contributed by atoms with van der Waals surface area (Å²) in [6, 6.07) is 11.5. The highest BCUT2D eigenvalue weighted by molar-refractivity contribution is 7.92. The molecule has 0 heterocycles. The molecule has 6 nitrogen and oxygen atoms in total. The normalized spacial score (nSPS) is 12.4. The van der Waals surface area contributed by atoms with Gasteiger partial charge in [0.2, 0.25) is 0 Å². The summed E-state index contributed by atoms with van der Waals surface area (Å²) in [4.78, 5) is 24.8. The lowest BCUT2D eigenvalue weighted by molar-refractivity contribution is -0.129. The number of sulfonamides is 1. The fourth-order valence-corrected chi connectivity index (χ4v) is 4.08. The zero-order valence-corrected chi connectivity index (χ0v) is 20.0. The minimum atomic E-state index is -3.96. The van der Waals surface area contributed by atoms with Gasteiger partial charge in [0.1, 0.15) is 0 Å². The zero-order chi connectivity index (χ0) is 23.6. The van der Waals surface area contributed by atoms with E-state index in [1.165, 1.54) is 12.1 Å². The van der Waals surface area contributed by atoms with Crippen LogP contribution < -0.4 is 4.72 Å². The first-order valence-electron chi connectivity index (χ1n) is 10.1. The highest BCUT2D eigenvalue weighted by atomic mass is 32.2. The van der Waals surface area contributed by atoms with E-state index in [0.29, 0.717) is 5.56 Å². The van der Waals surface area contributed by atoms with Crippen molar-refractivity contribution in [3.05, 3.63) is 59.2 Å². The molecule has 0 amide bonds. The van der Waals surface area contributed by atoms with Crippen LogP contribution >= 0.6 is 0 Å². The van der Waals surface area contributed by atoms with Crippen LogP contribution in [0.3, 0.4) is 0 Å². The number of carbonyl (C=O) groups is 2. The van der Waals surface area contributed by atoms with Crippen molar-refractivity contribution < 1.29 is 22.7 Å². The van der Waals surface area contributed by atoms with Crippen LogP contribution in [0.2, 0.25) is 0 Å². The van der Waals surface area contributed by atoms with Crippen molar-refractivity contribution in [2.24, 2.45) is 5.41 Å². The first-order chi connectivity index (χ1) is 14.1. The van der Waals surface area contributed by atoms with E-state index in [1.54, 1.807) is 52.0 Å². The molecule has 0 spiro atoms. The van der Waals surface area contributed by atoms with Crippen LogP contribution in [0.4, 0.5) is 5.69 Å². The molecular formula is C24H31NO5S. The zero-order valence-electron chi connectivity index (χ0n) is 19.2. The number of nitrogens with one attached hydrogen (secondary N) is 1. The second kappa shape index (κ2) is 8.83. The number of rotatable bonds is 6. The molecule has 1 N–H and O–H groups in total. The molecule has 0 aromatic heterocycles. The van der Waals surface area contributed by atoms with Gasteiger partial charge in [-0.05, 0) is 41.7 Å². The summed E-state index contributed by atoms with van der Waals surface area (Å²) in [6.07, 6.45) is 0. The topological polar surface area (TPSA) is 89.5 Å². The Hall–Kier alpha value is -2.67. The number of Topliss-reactive ketones (excluding diaryl/α,β-unsaturated/α-hetero) is 1. The Morgan fingerprint density at radius 3 is 2.16 bits per heavy atom. The van der Waals surface area contributed by atoms with E-state index in [2.05, 4.69) is 4.72 Å². The molecule has 0 aliphatic rings. The maximum Gasteiger partial charge on any atom is 0.340 e. The summed E-state index contributed by atoms with van der Waals surface area (Å²) in [5.74, 6) is -0.996. The predicted octanol–water partition coefficient (Wildman–Crippen LogP) is 4.87. The van der Waals surface area contributed by atoms with Crippen molar-refractivity contribution >= 4 is 27.5 Å². The third-order valence-corrected chi connectivity index (χ3v) is 6.41. The fraction of sp³-hybridized carbons (Fsp3) is 0.417. The molecule has 2 aromatic carbocycles. The van der Waals surface area contributed by atoms with Gasteiger partial charge in [-0.15, -0.1) is 0 Å². The first-order valence-corrected chi connectivity index (χ1v) is 11.5. The molecule has 2 aromatic rings. The highest BCUT2D eigenvalue weighted by Gasteiger charge is 2.26. The number of hydrogen-bond donors (Lipinski definition) is 1. The van der Waals surface area contributed by atoms with Crippen LogP contribution in [-0.4, -0.2) is 26.8 Å². The molecule has 7 heteroatoms. The Labute approximate surface area is 185 Å². The number of carbonyl (C=O) groups excluding carboxylic acids is 2. The van der Waals surface area contributed by atoms with Gasteiger partial charge in [0, 0.05) is 5.41 Å². The largest absolute Gasteiger partial charge is 0.454 e. The van der Waals surface area contributed by atoms with Crippen LogP contribution in [-0.2, 0) is 25.0 Å². The molecular weight excluding hydrogens is 414 g/mol. The van der Waals surface area contributed by atoms with Crippen molar-refractivity contribution in [1.82, 2.24) is 0 Å². The molecule has 0 radical (unpaired) electrons. The number of esters is 1. The number of ether oxygens (including phenoxy) is 1. The molecule has 0 aliphatic carbocycles. The molecule has 0 saturated heterocycles. The van der Waals surface area contributed by atoms with Gasteiger partial charge in [-0.25, -0.2) is 13.2 Å². The van der Waals surface area contributed by atoms with E-state index in [-0.39, 0.29) is 34.0 Å². The van der Waals surface area contributed by atoms with Gasteiger partial charge in [0.05, 0.1) is 16.1 Å². The molecule has 168 valence electrons. The number of benzene rings is 2. The molecule has 0 bridgehead atoms. The van der Waals surface area contributed by atoms with Crippen LogP contribution in [0.1, 0.15) is 63.0 Å². The van der Waals surface area contributed by atoms with Gasteiger partial charge in [0.15, 0.2) is 12.4 Å². The Morgan fingerprint density at radius 2 is 1.58 bits per heavy atom. The van der Waals surface area contributed by atoms with E-state index < -0.39 is 21.4 Å². The van der Waals surface area contributed by atoms with Gasteiger partial charge < -0.3 is 4.74 Å². The summed E-state index contributed by atoms with van der Waals surface area (Å²) >= 11 is 0. The summed E-state index contributed by atoms with van der Waals surface area (Å²) in [5.41, 5.74) is 0.743. The smallest absolute Gasteiger partial charge is 0.340 e. The summed E-state index contributed by atoms with van der Waals surface area (Å²) in [5, 5.41) is 0. The highest BCUT2D eigenvalue weighted by Crippen LogP contribution is 2.28. The number of anilines is 1. The van der Waals surface area contributed by atoms with Gasteiger partial charge in [-0.2, -0.15) is 0 Å². The van der Waals surface area contributed by atoms with Crippen molar-refractivity contribution in [1.29, 1.82) is 0 Å². The van der Waals surface area contributed by atoms with E-state index >= 15 is 0 Å². The Balaban J connectivity index is 2.34. The van der Waals surface area contributed by atoms with E-state index in [9.17, 15) is 18.0 Å². The Kier molecular flexibility index (Phi) is 7.00. The Bertz CT molecular complexity index is 1090. The van der Waals surface area contributed by atoms with Gasteiger partial charge in [0.25, 0.3) is 10.0 Å². The second-order valence-electron chi connectivity index (χ2n) is 9.63. The van der Waals surface area contributed by atoms with Gasteiger partial charge >= 0.3 is 5.97 Å². The predicted molar refractivity (Wildman–Crippen MR) is 122 cm³/mol. The van der Waals surface area contributed by atoms with Crippen molar-refractivity contribution in [3.8, 4) is 0 Å². The lowest BCUT2D eigenvalue weighted by Gasteiger charge is -2.21. The number of ketones is 1. The lowest BCUT2D eigenvalue weighted by atomic mass is 9.87. The molecule has 0 unspecified atom stereocenters. The number of aryl methyl sites for hydroxylation is 1. The fourth-order valence-electron chi connectivity index (χ4n) is 2.73. The average Bonchev–Trinajstić information content (AvgIpc) is 2.64. The van der Waals surface area contributed by atoms with Crippen LogP contribution in [0.15, 0.2) is 47.4 Å². The van der Waals surface area contributed by atoms with E-state index in [0.717, 1.165) is 5.56 Å². The lowest BCUT2D eigenvalue weighted by Crippen LogP contribution is -2.26. The van der Waals surface area contributed by atoms with Crippen molar-refractivity contribution in [2.45, 2.75) is 58.8 Å². The van der Waals surface area contributed by atoms with Gasteiger partial charge in [-0.3, -0.25) is 9.52 Å². The summed E-state index contributed by atoms with van der Waals surface area (Å²) in [7, 11) is -3.96. The second-order valence-corrected chi connectivity index (χ2v) is 11.3. The summed E-state index contributed by atoms with van der Waals surface area (Å²) in [6.45, 7) is 12.6. The standard InChI is InChI=1S/C24H31NO5S/c1-16-12-13-17(23(2,3)4)14-20(16)31(28,29)25-19-11-9-8-10-18(19)22(27)30-15-21(26)24(5,6)7/h8-14,25H,15H2,1-7H3. The number of hydrogen-bond acceptors (Lipinski definition) is 5. The molecule has 0 saturated carbocycles. The van der Waals surface area contributed by atoms with Crippen LogP contribution in [0, 0.1) is 12.3 Å². The molecule has 0 aliphatic heterocycles. The van der Waals surface area contributed by atoms with Gasteiger partial charge in [-0.1, -0.05) is 65.8 Å². The SMILES string of the molecule is Cc1ccc(C(C)(C)C)cc1S(=O)(=O)Nc1ccccc1C(=O)OCC(=O)C(C)(C)C. The third kappa shape index (κ3) is 6.17. The molecule has 2 rings (SSSR count). The summed E-state index contributed by atoms with van der Waals surface area (Å²) < 4.78 is 34.0. The van der Waals surface area contributed by atoms with Crippen LogP contribution in [0.5, 0.6) is 0 Å². The maximum atomic E-state index is 13.2. The van der Waals surface area contributed by atoms with E-state index in [4.69, 9.17) is 4.74 Å². The van der Waals surface area contributed by atoms with Crippen molar-refractivity contribution in [2.75, 3.05) is 11.3 Å². The van der Waals surface area contributed by atoms with E-state index in [1.807, 2.05) is 26.8 Å². The minimum absolute atomic E-state index is 0.0393. The maximum absolute atomic E-state index is 13.2. The van der Waals surface area contributed by atoms with Crippen molar-refractivity contribution in [3.63, 3.8) is 0 Å². The average molecular weight is 446 g/mol. The first kappa shape index (κ1) is 24.6. The minimum Gasteiger partial charge on any atom is -0.454 e. The monoisotopic (exact) mass is 445 g/mol. The number of para-hydroxylation sites is 1.